The maximum absolute atomic E-state index is 12.8. The Morgan fingerprint density at radius 3 is 2.64 bits per heavy atom. The van der Waals surface area contributed by atoms with Crippen molar-refractivity contribution in [2.75, 3.05) is 0 Å². The van der Waals surface area contributed by atoms with Crippen LogP contribution in [0.25, 0.3) is 33.4 Å². The Morgan fingerprint density at radius 1 is 1.07 bits per heavy atom. The van der Waals surface area contributed by atoms with E-state index in [2.05, 4.69) is 4.98 Å². The summed E-state index contributed by atoms with van der Waals surface area (Å²) in [5.74, 6) is 1.30. The maximum Gasteiger partial charge on any atom is 0.275 e. The van der Waals surface area contributed by atoms with Crippen LogP contribution in [-0.2, 0) is 0 Å². The summed E-state index contributed by atoms with van der Waals surface area (Å²) in [6.45, 7) is 1.54. The van der Waals surface area contributed by atoms with E-state index in [9.17, 15) is 9.59 Å². The van der Waals surface area contributed by atoms with Crippen LogP contribution in [0.1, 0.15) is 23.0 Å². The van der Waals surface area contributed by atoms with Gasteiger partial charge in [-0.25, -0.2) is 9.38 Å². The SMILES string of the molecule is CC(=O)c1ccc(-c2ccc(/C=c3\sc4nc5ccccc5n4c3=O)o2)cc1. The molecule has 136 valence electrons. The number of rotatable bonds is 3. The summed E-state index contributed by atoms with van der Waals surface area (Å²) in [6.07, 6.45) is 1.74. The predicted molar refractivity (Wildman–Crippen MR) is 110 cm³/mol. The number of ketones is 1. The Hall–Kier alpha value is -3.51. The Morgan fingerprint density at radius 2 is 1.86 bits per heavy atom. The van der Waals surface area contributed by atoms with E-state index in [0.717, 1.165) is 16.6 Å². The predicted octanol–water partition coefficient (Wildman–Crippen LogP) is 3.92. The summed E-state index contributed by atoms with van der Waals surface area (Å²) >= 11 is 1.34. The molecule has 0 radical (unpaired) electrons. The Labute approximate surface area is 163 Å². The van der Waals surface area contributed by atoms with Crippen LogP contribution in [0.2, 0.25) is 0 Å². The van der Waals surface area contributed by atoms with Crippen molar-refractivity contribution in [1.29, 1.82) is 0 Å². The smallest absolute Gasteiger partial charge is 0.275 e. The molecule has 6 heteroatoms. The fourth-order valence-electron chi connectivity index (χ4n) is 3.20. The molecule has 0 unspecified atom stereocenters. The number of furan rings is 1. The number of carbonyl (C=O) groups is 1. The Balaban J connectivity index is 1.56. The highest BCUT2D eigenvalue weighted by atomic mass is 32.1. The van der Waals surface area contributed by atoms with Gasteiger partial charge in [0.15, 0.2) is 10.7 Å². The summed E-state index contributed by atoms with van der Waals surface area (Å²) in [6, 6.07) is 18.5. The van der Waals surface area contributed by atoms with Gasteiger partial charge in [-0.05, 0) is 31.2 Å². The average molecular weight is 386 g/mol. The number of hydrogen-bond acceptors (Lipinski definition) is 5. The topological polar surface area (TPSA) is 64.6 Å². The van der Waals surface area contributed by atoms with Crippen molar-refractivity contribution >= 4 is 39.2 Å². The van der Waals surface area contributed by atoms with Crippen LogP contribution < -0.4 is 10.1 Å². The average Bonchev–Trinajstić information content (AvgIpc) is 3.38. The fraction of sp³-hybridized carbons (Fsp3) is 0.0455. The van der Waals surface area contributed by atoms with Crippen molar-refractivity contribution in [1.82, 2.24) is 9.38 Å². The van der Waals surface area contributed by atoms with Crippen LogP contribution in [0.15, 0.2) is 69.9 Å². The first-order valence-corrected chi connectivity index (χ1v) is 9.55. The first-order chi connectivity index (χ1) is 13.6. The minimum absolute atomic E-state index is 0.0261. The van der Waals surface area contributed by atoms with Gasteiger partial charge in [-0.2, -0.15) is 0 Å². The maximum atomic E-state index is 12.8. The van der Waals surface area contributed by atoms with Crippen molar-refractivity contribution in [3.05, 3.63) is 86.9 Å². The summed E-state index contributed by atoms with van der Waals surface area (Å²) in [5, 5.41) is 0. The number of nitrogens with zero attached hydrogens (tertiary/aromatic N) is 2. The highest BCUT2D eigenvalue weighted by Gasteiger charge is 2.11. The highest BCUT2D eigenvalue weighted by molar-refractivity contribution is 7.15. The molecule has 0 N–H and O–H groups in total. The molecule has 3 aromatic heterocycles. The number of imidazole rings is 1. The molecular weight excluding hydrogens is 372 g/mol. The van der Waals surface area contributed by atoms with Gasteiger partial charge < -0.3 is 4.42 Å². The third kappa shape index (κ3) is 2.66. The molecule has 28 heavy (non-hydrogen) atoms. The van der Waals surface area contributed by atoms with Gasteiger partial charge in [0.25, 0.3) is 5.56 Å². The van der Waals surface area contributed by atoms with E-state index < -0.39 is 0 Å². The van der Waals surface area contributed by atoms with Crippen molar-refractivity contribution < 1.29 is 9.21 Å². The van der Waals surface area contributed by atoms with Crippen molar-refractivity contribution in [3.63, 3.8) is 0 Å². The van der Waals surface area contributed by atoms with Gasteiger partial charge in [0.2, 0.25) is 0 Å². The number of para-hydroxylation sites is 2. The number of thiazole rings is 1. The largest absolute Gasteiger partial charge is 0.457 e. The minimum atomic E-state index is -0.0996. The third-order valence-corrected chi connectivity index (χ3v) is 5.59. The molecule has 0 aliphatic carbocycles. The molecule has 5 aromatic rings. The van der Waals surface area contributed by atoms with Crippen molar-refractivity contribution in [2.45, 2.75) is 6.92 Å². The molecule has 0 bridgehead atoms. The van der Waals surface area contributed by atoms with Gasteiger partial charge in [-0.1, -0.05) is 47.7 Å². The molecule has 0 aliphatic heterocycles. The molecule has 2 aromatic carbocycles. The molecule has 3 heterocycles. The van der Waals surface area contributed by atoms with Gasteiger partial charge in [0.05, 0.1) is 11.0 Å². The van der Waals surface area contributed by atoms with E-state index in [1.807, 2.05) is 48.5 Å². The molecule has 5 rings (SSSR count). The first-order valence-electron chi connectivity index (χ1n) is 8.73. The third-order valence-electron chi connectivity index (χ3n) is 4.62. The van der Waals surface area contributed by atoms with E-state index in [-0.39, 0.29) is 11.3 Å². The molecule has 5 nitrogen and oxygen atoms in total. The number of fused-ring (bicyclic) bond motifs is 3. The van der Waals surface area contributed by atoms with Crippen LogP contribution in [0.3, 0.4) is 0 Å². The van der Waals surface area contributed by atoms with E-state index in [4.69, 9.17) is 4.42 Å². The van der Waals surface area contributed by atoms with E-state index in [1.165, 1.54) is 18.3 Å². The molecule has 0 aliphatic rings. The molecular formula is C22H14N2O3S. The standard InChI is InChI=1S/C22H14N2O3S/c1-13(25)14-6-8-15(9-7-14)19-11-10-16(27-19)12-20-21(26)24-18-5-3-2-4-17(18)23-22(24)28-20/h2-12H,1H3/b20-12-. The number of Topliss-reactive ketones (excluding diaryl/α,β-unsaturated/α-hetero) is 1. The number of hydrogen-bond donors (Lipinski definition) is 0. The number of benzene rings is 2. The first kappa shape index (κ1) is 16.6. The summed E-state index contributed by atoms with van der Waals surface area (Å²) < 4.78 is 8.09. The fourth-order valence-corrected chi connectivity index (χ4v) is 4.16. The van der Waals surface area contributed by atoms with Gasteiger partial charge >= 0.3 is 0 Å². The van der Waals surface area contributed by atoms with Gasteiger partial charge in [-0.3, -0.25) is 9.59 Å². The Kier molecular flexibility index (Phi) is 3.74. The monoisotopic (exact) mass is 386 g/mol. The lowest BCUT2D eigenvalue weighted by molar-refractivity contribution is 0.101. The van der Waals surface area contributed by atoms with Gasteiger partial charge in [0.1, 0.15) is 16.1 Å². The van der Waals surface area contributed by atoms with Crippen molar-refractivity contribution in [3.8, 4) is 11.3 Å². The van der Waals surface area contributed by atoms with Crippen LogP contribution in [0.4, 0.5) is 0 Å². The highest BCUT2D eigenvalue weighted by Crippen LogP contribution is 2.23. The van der Waals surface area contributed by atoms with E-state index in [1.54, 1.807) is 22.6 Å². The quantitative estimate of drug-likeness (QED) is 0.441. The molecule has 0 amide bonds. The number of aromatic nitrogens is 2. The van der Waals surface area contributed by atoms with Gasteiger partial charge in [0, 0.05) is 17.2 Å². The van der Waals surface area contributed by atoms with Crippen LogP contribution in [0.5, 0.6) is 0 Å². The summed E-state index contributed by atoms with van der Waals surface area (Å²) in [5.41, 5.74) is 3.06. The summed E-state index contributed by atoms with van der Waals surface area (Å²) in [4.78, 5) is 29.4. The second-order valence-corrected chi connectivity index (χ2v) is 7.48. The molecule has 0 atom stereocenters. The second-order valence-electron chi connectivity index (χ2n) is 6.47. The normalized spacial score (nSPS) is 12.2. The molecule has 0 spiro atoms. The zero-order valence-electron chi connectivity index (χ0n) is 14.9. The lowest BCUT2D eigenvalue weighted by Gasteiger charge is -1.98. The lowest BCUT2D eigenvalue weighted by Crippen LogP contribution is -2.22. The minimum Gasteiger partial charge on any atom is -0.457 e. The van der Waals surface area contributed by atoms with E-state index >= 15 is 0 Å². The van der Waals surface area contributed by atoms with Crippen LogP contribution in [-0.4, -0.2) is 15.2 Å². The number of carbonyl (C=O) groups excluding carboxylic acids is 1. The van der Waals surface area contributed by atoms with E-state index in [0.29, 0.717) is 26.6 Å². The van der Waals surface area contributed by atoms with Gasteiger partial charge in [-0.15, -0.1) is 0 Å². The second kappa shape index (κ2) is 6.28. The Bertz CT molecular complexity index is 1460. The molecule has 0 saturated heterocycles. The van der Waals surface area contributed by atoms with Crippen LogP contribution in [0, 0.1) is 0 Å². The zero-order valence-corrected chi connectivity index (χ0v) is 15.7. The zero-order chi connectivity index (χ0) is 19.3. The summed E-state index contributed by atoms with van der Waals surface area (Å²) in [7, 11) is 0. The molecule has 0 saturated carbocycles. The van der Waals surface area contributed by atoms with Crippen LogP contribution >= 0.6 is 11.3 Å². The van der Waals surface area contributed by atoms with Crippen molar-refractivity contribution in [2.24, 2.45) is 0 Å². The lowest BCUT2D eigenvalue weighted by atomic mass is 10.1. The molecule has 0 fully saturated rings.